The zero-order valence-corrected chi connectivity index (χ0v) is 10.1. The molecule has 0 heterocycles. The van der Waals surface area contributed by atoms with Crippen LogP contribution in [-0.4, -0.2) is 26.5 Å². The summed E-state index contributed by atoms with van der Waals surface area (Å²) in [4.78, 5) is 0. The van der Waals surface area contributed by atoms with Crippen molar-refractivity contribution in [1.82, 2.24) is 0 Å². The van der Waals surface area contributed by atoms with Gasteiger partial charge in [0.1, 0.15) is 0 Å². The zero-order chi connectivity index (χ0) is 11.3. The first-order valence-electron chi connectivity index (χ1n) is 4.74. The number of hydrogen-bond acceptors (Lipinski definition) is 3. The van der Waals surface area contributed by atoms with E-state index in [1.54, 1.807) is 13.0 Å². The van der Waals surface area contributed by atoms with Gasteiger partial charge in [0.2, 0.25) is 0 Å². The Morgan fingerprint density at radius 2 is 2.00 bits per heavy atom. The third-order valence-corrected chi connectivity index (χ3v) is 4.08. The zero-order valence-electron chi connectivity index (χ0n) is 8.53. The van der Waals surface area contributed by atoms with E-state index in [4.69, 9.17) is 11.6 Å². The van der Waals surface area contributed by atoms with Crippen LogP contribution >= 0.6 is 11.6 Å². The molecule has 0 amide bonds. The molecule has 0 atom stereocenters. The Balaban J connectivity index is 2.49. The second-order valence-corrected chi connectivity index (χ2v) is 6.02. The smallest absolute Gasteiger partial charge is 0.151 e. The van der Waals surface area contributed by atoms with Gasteiger partial charge in [-0.25, -0.2) is 8.42 Å². The number of hydrogen-bond donors (Lipinski definition) is 1. The van der Waals surface area contributed by atoms with E-state index in [-0.39, 0.29) is 11.5 Å². The Morgan fingerprint density at radius 3 is 2.60 bits per heavy atom. The molecule has 1 aromatic carbocycles. The molecule has 0 fully saturated rings. The molecule has 1 rings (SSSR count). The van der Waals surface area contributed by atoms with E-state index in [1.165, 1.54) is 0 Å². The van der Waals surface area contributed by atoms with Crippen LogP contribution in [0, 0.1) is 0 Å². The van der Waals surface area contributed by atoms with Gasteiger partial charge in [0.25, 0.3) is 0 Å². The second kappa shape index (κ2) is 5.37. The Hall–Kier alpha value is -0.740. The predicted octanol–water partition coefficient (Wildman–Crippen LogP) is 2.19. The lowest BCUT2D eigenvalue weighted by Gasteiger charge is -2.07. The van der Waals surface area contributed by atoms with Gasteiger partial charge in [0.15, 0.2) is 9.84 Å². The lowest BCUT2D eigenvalue weighted by atomic mass is 10.3. The van der Waals surface area contributed by atoms with Crippen molar-refractivity contribution in [3.05, 3.63) is 29.3 Å². The fourth-order valence-electron chi connectivity index (χ4n) is 1.09. The average Bonchev–Trinajstić information content (AvgIpc) is 2.21. The number of rotatable bonds is 5. The maximum atomic E-state index is 11.2. The molecule has 0 spiro atoms. The fraction of sp³-hybridized carbons (Fsp3) is 0.400. The third kappa shape index (κ3) is 4.10. The molecule has 0 saturated heterocycles. The molecule has 1 N–H and O–H groups in total. The molecule has 84 valence electrons. The van der Waals surface area contributed by atoms with Crippen LogP contribution in [0.15, 0.2) is 24.3 Å². The standard InChI is InChI=1S/C10H14ClNO2S/c1-2-15(13,14)8-7-12-10-6-4-3-5-9(10)11/h3-6,12H,2,7-8H2,1H3. The van der Waals surface area contributed by atoms with Crippen molar-refractivity contribution >= 4 is 27.1 Å². The van der Waals surface area contributed by atoms with Crippen LogP contribution in [0.1, 0.15) is 6.92 Å². The minimum atomic E-state index is -2.91. The third-order valence-electron chi connectivity index (χ3n) is 2.04. The molecule has 3 nitrogen and oxygen atoms in total. The Bertz CT molecular complexity index is 417. The summed E-state index contributed by atoms with van der Waals surface area (Å²) in [5, 5.41) is 3.60. The van der Waals surface area contributed by atoms with Gasteiger partial charge >= 0.3 is 0 Å². The first-order chi connectivity index (χ1) is 7.05. The SMILES string of the molecule is CCS(=O)(=O)CCNc1ccccc1Cl. The summed E-state index contributed by atoms with van der Waals surface area (Å²) in [5.74, 6) is 0.311. The number of benzene rings is 1. The van der Waals surface area contributed by atoms with E-state index in [0.717, 1.165) is 5.69 Å². The highest BCUT2D eigenvalue weighted by atomic mass is 35.5. The Labute approximate surface area is 95.4 Å². The average molecular weight is 248 g/mol. The van der Waals surface area contributed by atoms with Crippen molar-refractivity contribution in [2.24, 2.45) is 0 Å². The van der Waals surface area contributed by atoms with Gasteiger partial charge in [0, 0.05) is 12.3 Å². The number of sulfone groups is 1. The van der Waals surface area contributed by atoms with Gasteiger partial charge in [-0.2, -0.15) is 0 Å². The summed E-state index contributed by atoms with van der Waals surface area (Å²) < 4.78 is 22.4. The minimum absolute atomic E-state index is 0.134. The van der Waals surface area contributed by atoms with Crippen LogP contribution in [0.25, 0.3) is 0 Å². The minimum Gasteiger partial charge on any atom is -0.383 e. The molecule has 0 bridgehead atoms. The van der Waals surface area contributed by atoms with Gasteiger partial charge in [-0.1, -0.05) is 30.7 Å². The maximum Gasteiger partial charge on any atom is 0.151 e. The van der Waals surface area contributed by atoms with Gasteiger partial charge < -0.3 is 5.32 Å². The van der Waals surface area contributed by atoms with Crippen molar-refractivity contribution in [3.63, 3.8) is 0 Å². The quantitative estimate of drug-likeness (QED) is 0.868. The highest BCUT2D eigenvalue weighted by molar-refractivity contribution is 7.91. The van der Waals surface area contributed by atoms with Crippen LogP contribution < -0.4 is 5.32 Å². The van der Waals surface area contributed by atoms with Crippen molar-refractivity contribution in [3.8, 4) is 0 Å². The molecule has 0 aromatic heterocycles. The van der Waals surface area contributed by atoms with E-state index in [0.29, 0.717) is 11.6 Å². The van der Waals surface area contributed by atoms with E-state index >= 15 is 0 Å². The Kier molecular flexibility index (Phi) is 4.42. The molecular weight excluding hydrogens is 234 g/mol. The largest absolute Gasteiger partial charge is 0.383 e. The maximum absolute atomic E-state index is 11.2. The van der Waals surface area contributed by atoms with Crippen LogP contribution in [0.5, 0.6) is 0 Å². The van der Waals surface area contributed by atoms with E-state index in [1.807, 2.05) is 18.2 Å². The molecule has 0 unspecified atom stereocenters. The highest BCUT2D eigenvalue weighted by Crippen LogP contribution is 2.19. The summed E-state index contributed by atoms with van der Waals surface area (Å²) in [6, 6.07) is 7.26. The summed E-state index contributed by atoms with van der Waals surface area (Å²) >= 11 is 5.90. The Morgan fingerprint density at radius 1 is 1.33 bits per heavy atom. The van der Waals surface area contributed by atoms with Crippen molar-refractivity contribution < 1.29 is 8.42 Å². The van der Waals surface area contributed by atoms with Crippen LogP contribution in [0.2, 0.25) is 5.02 Å². The molecule has 5 heteroatoms. The van der Waals surface area contributed by atoms with Crippen molar-refractivity contribution in [2.45, 2.75) is 6.92 Å². The van der Waals surface area contributed by atoms with Gasteiger partial charge in [-0.3, -0.25) is 0 Å². The molecule has 15 heavy (non-hydrogen) atoms. The lowest BCUT2D eigenvalue weighted by molar-refractivity contribution is 0.597. The fourth-order valence-corrected chi connectivity index (χ4v) is 1.99. The molecule has 0 aliphatic rings. The molecular formula is C10H14ClNO2S. The number of anilines is 1. The monoisotopic (exact) mass is 247 g/mol. The van der Waals surface area contributed by atoms with E-state index < -0.39 is 9.84 Å². The van der Waals surface area contributed by atoms with Crippen molar-refractivity contribution in [2.75, 3.05) is 23.4 Å². The highest BCUT2D eigenvalue weighted by Gasteiger charge is 2.06. The molecule has 0 radical (unpaired) electrons. The number of halogens is 1. The summed E-state index contributed by atoms with van der Waals surface area (Å²) in [6.07, 6.45) is 0. The molecule has 0 saturated carbocycles. The topological polar surface area (TPSA) is 46.2 Å². The molecule has 1 aromatic rings. The summed E-state index contributed by atoms with van der Waals surface area (Å²) in [6.45, 7) is 2.03. The molecule has 0 aliphatic heterocycles. The normalized spacial score (nSPS) is 11.3. The first-order valence-corrected chi connectivity index (χ1v) is 6.94. The van der Waals surface area contributed by atoms with Crippen LogP contribution in [-0.2, 0) is 9.84 Å². The second-order valence-electron chi connectivity index (χ2n) is 3.14. The summed E-state index contributed by atoms with van der Waals surface area (Å²) in [5.41, 5.74) is 0.769. The van der Waals surface area contributed by atoms with Gasteiger partial charge in [0.05, 0.1) is 16.5 Å². The van der Waals surface area contributed by atoms with Crippen molar-refractivity contribution in [1.29, 1.82) is 0 Å². The number of nitrogens with one attached hydrogen (secondary N) is 1. The van der Waals surface area contributed by atoms with Crippen LogP contribution in [0.3, 0.4) is 0 Å². The lowest BCUT2D eigenvalue weighted by Crippen LogP contribution is -2.17. The van der Waals surface area contributed by atoms with E-state index in [9.17, 15) is 8.42 Å². The van der Waals surface area contributed by atoms with Gasteiger partial charge in [-0.15, -0.1) is 0 Å². The first kappa shape index (κ1) is 12.3. The van der Waals surface area contributed by atoms with Gasteiger partial charge in [-0.05, 0) is 12.1 Å². The molecule has 0 aliphatic carbocycles. The van der Waals surface area contributed by atoms with E-state index in [2.05, 4.69) is 5.32 Å². The van der Waals surface area contributed by atoms with Crippen LogP contribution in [0.4, 0.5) is 5.69 Å². The summed E-state index contributed by atoms with van der Waals surface area (Å²) in [7, 11) is -2.91. The number of para-hydroxylation sites is 1. The predicted molar refractivity (Wildman–Crippen MR) is 64.3 cm³/mol.